The van der Waals surface area contributed by atoms with Crippen molar-refractivity contribution < 1.29 is 33.8 Å². The highest BCUT2D eigenvalue weighted by atomic mass is 16.7. The van der Waals surface area contributed by atoms with Crippen molar-refractivity contribution >= 4 is 34.7 Å². The molecule has 1 heterocycles. The van der Waals surface area contributed by atoms with Crippen molar-refractivity contribution in [2.75, 3.05) is 6.79 Å². The maximum absolute atomic E-state index is 13.0. The first-order valence-corrected chi connectivity index (χ1v) is 12.8. The van der Waals surface area contributed by atoms with E-state index in [2.05, 4.69) is 0 Å². The third-order valence-corrected chi connectivity index (χ3v) is 6.35. The van der Waals surface area contributed by atoms with Gasteiger partial charge in [0.15, 0.2) is 0 Å². The fourth-order valence-electron chi connectivity index (χ4n) is 4.29. The Morgan fingerprint density at radius 1 is 0.875 bits per heavy atom. The van der Waals surface area contributed by atoms with Gasteiger partial charge in [0.25, 0.3) is 5.78 Å². The highest BCUT2D eigenvalue weighted by Crippen LogP contribution is 2.27. The summed E-state index contributed by atoms with van der Waals surface area (Å²) in [5.74, 6) is -2.81. The van der Waals surface area contributed by atoms with E-state index in [1.54, 1.807) is 51.1 Å². The van der Waals surface area contributed by atoms with Gasteiger partial charge in [-0.25, -0.2) is 14.6 Å². The molecule has 9 heteroatoms. The lowest BCUT2D eigenvalue weighted by Crippen LogP contribution is -2.24. The number of aromatic nitrogens is 2. The number of hydrogen-bond donors (Lipinski definition) is 1. The molecule has 0 fully saturated rings. The summed E-state index contributed by atoms with van der Waals surface area (Å²) >= 11 is 0. The van der Waals surface area contributed by atoms with Crippen LogP contribution in [0.3, 0.4) is 0 Å². The van der Waals surface area contributed by atoms with Gasteiger partial charge in [0.1, 0.15) is 5.82 Å². The summed E-state index contributed by atoms with van der Waals surface area (Å²) < 4.78 is 12.3. The zero-order chi connectivity index (χ0) is 29.0. The first kappa shape index (κ1) is 28.2. The number of para-hydroxylation sites is 1. The predicted molar refractivity (Wildman–Crippen MR) is 148 cm³/mol. The van der Waals surface area contributed by atoms with Gasteiger partial charge in [0.05, 0.1) is 22.0 Å². The molecule has 0 radical (unpaired) electrons. The minimum atomic E-state index is -1.51. The number of aryl methyl sites for hydroxylation is 1. The molecule has 0 aliphatic carbocycles. The quantitative estimate of drug-likeness (QED) is 0.131. The van der Waals surface area contributed by atoms with E-state index < -0.39 is 35.9 Å². The average molecular weight is 543 g/mol. The molecule has 0 amide bonds. The smallest absolute Gasteiger partial charge is 0.377 e. The lowest BCUT2D eigenvalue weighted by atomic mass is 9.96. The summed E-state index contributed by atoms with van der Waals surface area (Å²) in [6.07, 6.45) is 0.620. The maximum Gasteiger partial charge on any atom is 0.377 e. The fourth-order valence-corrected chi connectivity index (χ4v) is 4.29. The van der Waals surface area contributed by atoms with Gasteiger partial charge in [-0.15, -0.1) is 0 Å². The number of ketones is 1. The van der Waals surface area contributed by atoms with Crippen LogP contribution < -0.4 is 0 Å². The molecule has 0 unspecified atom stereocenters. The second kappa shape index (κ2) is 11.5. The molecule has 4 rings (SSSR count). The number of Topliss-reactive ketones (excluding diaryl/α,β-unsaturated/α-hetero) is 1. The Morgan fingerprint density at radius 3 is 2.20 bits per heavy atom. The molecule has 0 saturated carbocycles. The van der Waals surface area contributed by atoms with Gasteiger partial charge in [-0.3, -0.25) is 9.59 Å². The van der Waals surface area contributed by atoms with Crippen molar-refractivity contribution in [1.82, 2.24) is 9.55 Å². The number of carbonyl (C=O) groups excluding carboxylic acids is 3. The summed E-state index contributed by atoms with van der Waals surface area (Å²) in [7, 11) is 0. The van der Waals surface area contributed by atoms with E-state index in [-0.39, 0.29) is 5.56 Å². The van der Waals surface area contributed by atoms with Gasteiger partial charge in [-0.05, 0) is 49.6 Å². The van der Waals surface area contributed by atoms with Gasteiger partial charge < -0.3 is 19.1 Å². The van der Waals surface area contributed by atoms with Gasteiger partial charge >= 0.3 is 17.9 Å². The fraction of sp³-hybridized carbons (Fsp3) is 0.258. The van der Waals surface area contributed by atoms with E-state index in [1.807, 2.05) is 41.8 Å². The summed E-state index contributed by atoms with van der Waals surface area (Å²) in [5, 5.41) is 9.18. The zero-order valence-corrected chi connectivity index (χ0v) is 22.8. The molecular formula is C31H30N2O7. The van der Waals surface area contributed by atoms with Crippen LogP contribution in [0.4, 0.5) is 0 Å². The van der Waals surface area contributed by atoms with Crippen LogP contribution in [0.15, 0.2) is 66.7 Å². The van der Waals surface area contributed by atoms with Gasteiger partial charge in [-0.2, -0.15) is 0 Å². The van der Waals surface area contributed by atoms with E-state index in [9.17, 15) is 24.3 Å². The second-order valence-electron chi connectivity index (χ2n) is 10.2. The Bertz CT molecular complexity index is 1590. The second-order valence-corrected chi connectivity index (χ2v) is 10.2. The number of carboxylic acid groups (broad SMARTS) is 1. The molecule has 3 aromatic carbocycles. The van der Waals surface area contributed by atoms with Crippen molar-refractivity contribution in [3.63, 3.8) is 0 Å². The maximum atomic E-state index is 13.0. The molecule has 9 nitrogen and oxygen atoms in total. The van der Waals surface area contributed by atoms with E-state index in [1.165, 1.54) is 6.07 Å². The van der Waals surface area contributed by atoms with Crippen LogP contribution in [0.25, 0.3) is 22.2 Å². The van der Waals surface area contributed by atoms with Crippen molar-refractivity contribution in [2.24, 2.45) is 5.41 Å². The van der Waals surface area contributed by atoms with Crippen molar-refractivity contribution in [3.05, 3.63) is 89.2 Å². The Hall–Kier alpha value is -4.79. The molecule has 206 valence electrons. The summed E-state index contributed by atoms with van der Waals surface area (Å²) in [4.78, 5) is 53.2. The van der Waals surface area contributed by atoms with E-state index in [0.717, 1.165) is 11.4 Å². The van der Waals surface area contributed by atoms with Crippen LogP contribution >= 0.6 is 0 Å². The number of ether oxygens (including phenoxy) is 2. The van der Waals surface area contributed by atoms with E-state index in [0.29, 0.717) is 40.7 Å². The Kier molecular flexibility index (Phi) is 8.13. The summed E-state index contributed by atoms with van der Waals surface area (Å²) in [5.41, 5.74) is 3.08. The normalized spacial score (nSPS) is 11.3. The average Bonchev–Trinajstić information content (AvgIpc) is 3.29. The number of esters is 2. The van der Waals surface area contributed by atoms with Crippen LogP contribution in [0, 0.1) is 5.41 Å². The van der Waals surface area contributed by atoms with Gasteiger partial charge in [0.2, 0.25) is 6.79 Å². The Labute approximate surface area is 231 Å². The number of carboxylic acids is 1. The summed E-state index contributed by atoms with van der Waals surface area (Å²) in [6, 6.07) is 19.2. The Balaban J connectivity index is 1.62. The SMILES string of the molecule is CCc1nc2cccc(C(=O)OCOC(=O)C(C)(C)C)c2n1Cc1ccc(-c2ccccc2C(=O)C(=O)O)cc1. The monoisotopic (exact) mass is 542 g/mol. The number of imidazole rings is 1. The van der Waals surface area contributed by atoms with E-state index in [4.69, 9.17) is 14.5 Å². The van der Waals surface area contributed by atoms with Crippen molar-refractivity contribution in [1.29, 1.82) is 0 Å². The molecule has 40 heavy (non-hydrogen) atoms. The van der Waals surface area contributed by atoms with Crippen LogP contribution in [0.5, 0.6) is 0 Å². The van der Waals surface area contributed by atoms with Crippen LogP contribution in [-0.4, -0.2) is 45.1 Å². The predicted octanol–water partition coefficient (Wildman–Crippen LogP) is 5.28. The highest BCUT2D eigenvalue weighted by molar-refractivity contribution is 6.41. The molecule has 0 aliphatic rings. The van der Waals surface area contributed by atoms with E-state index >= 15 is 0 Å². The topological polar surface area (TPSA) is 125 Å². The number of rotatable bonds is 9. The molecule has 1 aromatic heterocycles. The number of aliphatic carboxylic acids is 1. The summed E-state index contributed by atoms with van der Waals surface area (Å²) in [6.45, 7) is 7.02. The first-order valence-electron chi connectivity index (χ1n) is 12.8. The van der Waals surface area contributed by atoms with Crippen LogP contribution in [-0.2, 0) is 32.0 Å². The lowest BCUT2D eigenvalue weighted by molar-refractivity contribution is -0.161. The first-order chi connectivity index (χ1) is 19.0. The standard InChI is InChI=1S/C31H30N2O7/c1-5-25-32-24-12-8-11-23(29(37)39-18-40-30(38)31(2,3)4)26(24)33(25)17-19-13-15-20(16-14-19)21-9-6-7-10-22(21)27(34)28(35)36/h6-16H,5,17-18H2,1-4H3,(H,35,36). The van der Waals surface area contributed by atoms with Crippen molar-refractivity contribution in [3.8, 4) is 11.1 Å². The number of fused-ring (bicyclic) bond motifs is 1. The molecule has 4 aromatic rings. The number of benzene rings is 3. The number of carbonyl (C=O) groups is 4. The molecule has 0 bridgehead atoms. The molecule has 0 atom stereocenters. The molecule has 0 spiro atoms. The number of nitrogens with zero attached hydrogens (tertiary/aromatic N) is 2. The van der Waals surface area contributed by atoms with Gasteiger partial charge in [-0.1, -0.05) is 61.5 Å². The molecule has 0 saturated heterocycles. The highest BCUT2D eigenvalue weighted by Gasteiger charge is 2.24. The Morgan fingerprint density at radius 2 is 1.55 bits per heavy atom. The minimum absolute atomic E-state index is 0.118. The molecule has 1 N–H and O–H groups in total. The van der Waals surface area contributed by atoms with Crippen molar-refractivity contribution in [2.45, 2.75) is 40.7 Å². The van der Waals surface area contributed by atoms with Crippen LogP contribution in [0.1, 0.15) is 59.8 Å². The molecule has 0 aliphatic heterocycles. The third kappa shape index (κ3) is 5.93. The largest absolute Gasteiger partial charge is 0.475 e. The van der Waals surface area contributed by atoms with Gasteiger partial charge in [0, 0.05) is 18.5 Å². The van der Waals surface area contributed by atoms with Crippen LogP contribution in [0.2, 0.25) is 0 Å². The number of hydrogen-bond acceptors (Lipinski definition) is 7. The minimum Gasteiger partial charge on any atom is -0.475 e. The lowest BCUT2D eigenvalue weighted by Gasteiger charge is -2.16. The molecular weight excluding hydrogens is 512 g/mol. The zero-order valence-electron chi connectivity index (χ0n) is 22.8. The third-order valence-electron chi connectivity index (χ3n) is 6.35.